The van der Waals surface area contributed by atoms with Gasteiger partial charge in [0.25, 0.3) is 0 Å². The first-order chi connectivity index (χ1) is 16.2. The molecule has 0 aliphatic rings. The van der Waals surface area contributed by atoms with E-state index in [1.807, 2.05) is 78.9 Å². The van der Waals surface area contributed by atoms with Crippen LogP contribution in [0.15, 0.2) is 78.9 Å². The molecule has 1 heterocycles. The second kappa shape index (κ2) is 10.5. The summed E-state index contributed by atoms with van der Waals surface area (Å²) in [5.74, 6) is 2.30. The molecule has 1 N–H and O–H groups in total. The molecule has 168 valence electrons. The number of aryl methyl sites for hydroxylation is 1. The van der Waals surface area contributed by atoms with E-state index in [4.69, 9.17) is 9.47 Å². The van der Waals surface area contributed by atoms with Gasteiger partial charge in [-0.05, 0) is 53.9 Å². The third-order valence-corrected chi connectivity index (χ3v) is 5.27. The van der Waals surface area contributed by atoms with Crippen LogP contribution in [-0.2, 0) is 13.0 Å². The summed E-state index contributed by atoms with van der Waals surface area (Å²) in [6.45, 7) is 0.497. The van der Waals surface area contributed by atoms with E-state index in [0.29, 0.717) is 31.2 Å². The molecular formula is C26H26N4O3. The number of benzene rings is 3. The fourth-order valence-electron chi connectivity index (χ4n) is 3.39. The zero-order valence-corrected chi connectivity index (χ0v) is 18.7. The van der Waals surface area contributed by atoms with Gasteiger partial charge in [-0.1, -0.05) is 42.5 Å². The van der Waals surface area contributed by atoms with Gasteiger partial charge in [-0.15, -0.1) is 5.10 Å². The zero-order valence-electron chi connectivity index (χ0n) is 18.7. The van der Waals surface area contributed by atoms with E-state index in [0.717, 1.165) is 28.2 Å². The molecule has 4 aromatic rings. The van der Waals surface area contributed by atoms with Gasteiger partial charge in [0.05, 0.1) is 14.2 Å². The molecule has 0 aliphatic carbocycles. The van der Waals surface area contributed by atoms with E-state index in [1.54, 1.807) is 14.2 Å². The Balaban J connectivity index is 1.55. The second-order valence-electron chi connectivity index (χ2n) is 7.48. The van der Waals surface area contributed by atoms with Crippen LogP contribution in [0.3, 0.4) is 0 Å². The number of anilines is 1. The number of carbonyl (C=O) groups is 1. The number of nitrogens with zero attached hydrogens (tertiary/aromatic N) is 3. The van der Waals surface area contributed by atoms with Gasteiger partial charge >= 0.3 is 0 Å². The maximum absolute atomic E-state index is 13.1. The van der Waals surface area contributed by atoms with Crippen LogP contribution in [0.1, 0.15) is 22.3 Å². The summed E-state index contributed by atoms with van der Waals surface area (Å²) in [7, 11) is 3.26. The molecule has 0 aliphatic heterocycles. The first kappa shape index (κ1) is 22.1. The van der Waals surface area contributed by atoms with Gasteiger partial charge in [-0.2, -0.15) is 9.67 Å². The van der Waals surface area contributed by atoms with Crippen LogP contribution in [-0.4, -0.2) is 34.9 Å². The summed E-state index contributed by atoms with van der Waals surface area (Å²) in [4.78, 5) is 17.7. The molecule has 0 radical (unpaired) electrons. The number of hydrogen-bond acceptors (Lipinski definition) is 6. The number of nitrogens with one attached hydrogen (secondary N) is 1. The van der Waals surface area contributed by atoms with E-state index in [1.165, 1.54) is 4.68 Å². The average Bonchev–Trinajstić information content (AvgIpc) is 3.31. The highest BCUT2D eigenvalue weighted by Crippen LogP contribution is 2.22. The van der Waals surface area contributed by atoms with E-state index in [-0.39, 0.29) is 5.91 Å². The highest BCUT2D eigenvalue weighted by molar-refractivity contribution is 5.81. The zero-order chi connectivity index (χ0) is 23.0. The van der Waals surface area contributed by atoms with Crippen LogP contribution in [0.4, 0.5) is 5.95 Å². The summed E-state index contributed by atoms with van der Waals surface area (Å²) in [5.41, 5.74) is 2.94. The molecule has 0 unspecified atom stereocenters. The molecule has 0 spiro atoms. The molecule has 7 heteroatoms. The summed E-state index contributed by atoms with van der Waals surface area (Å²) in [6, 6.07) is 25.1. The van der Waals surface area contributed by atoms with Crippen molar-refractivity contribution in [1.29, 1.82) is 0 Å². The first-order valence-electron chi connectivity index (χ1n) is 10.7. The van der Waals surface area contributed by atoms with E-state index >= 15 is 0 Å². The number of rotatable bonds is 9. The molecular weight excluding hydrogens is 416 g/mol. The number of aromatic nitrogens is 3. The minimum Gasteiger partial charge on any atom is -0.497 e. The molecule has 4 rings (SSSR count). The Kier molecular flexibility index (Phi) is 6.99. The Labute approximate surface area is 193 Å². The summed E-state index contributed by atoms with van der Waals surface area (Å²) in [6.07, 6.45) is 0.960. The quantitative estimate of drug-likeness (QED) is 0.399. The van der Waals surface area contributed by atoms with Crippen LogP contribution >= 0.6 is 0 Å². The minimum absolute atomic E-state index is 0.122. The SMILES string of the molecule is COc1ccc(CNc2nc(-c3ccc(OC)cc3)nn2C(=O)CCc2ccccc2)cc1. The van der Waals surface area contributed by atoms with Gasteiger partial charge in [0, 0.05) is 18.5 Å². The van der Waals surface area contributed by atoms with E-state index in [9.17, 15) is 4.79 Å². The van der Waals surface area contributed by atoms with Crippen molar-refractivity contribution in [2.45, 2.75) is 19.4 Å². The Morgan fingerprint density at radius 3 is 2.12 bits per heavy atom. The van der Waals surface area contributed by atoms with Crippen molar-refractivity contribution in [1.82, 2.24) is 14.8 Å². The fourth-order valence-corrected chi connectivity index (χ4v) is 3.39. The fraction of sp³-hybridized carbons (Fsp3) is 0.192. The third kappa shape index (κ3) is 5.57. The molecule has 0 bridgehead atoms. The lowest BCUT2D eigenvalue weighted by Gasteiger charge is -2.08. The van der Waals surface area contributed by atoms with Crippen LogP contribution < -0.4 is 14.8 Å². The van der Waals surface area contributed by atoms with Crippen molar-refractivity contribution in [3.63, 3.8) is 0 Å². The van der Waals surface area contributed by atoms with Crippen molar-refractivity contribution in [2.24, 2.45) is 0 Å². The van der Waals surface area contributed by atoms with Crippen molar-refractivity contribution in [2.75, 3.05) is 19.5 Å². The van der Waals surface area contributed by atoms with Crippen LogP contribution in [0.25, 0.3) is 11.4 Å². The Bertz CT molecular complexity index is 1190. The number of carbonyl (C=O) groups excluding carboxylic acids is 1. The highest BCUT2D eigenvalue weighted by atomic mass is 16.5. The largest absolute Gasteiger partial charge is 0.497 e. The molecule has 0 atom stereocenters. The molecule has 3 aromatic carbocycles. The Morgan fingerprint density at radius 2 is 1.48 bits per heavy atom. The van der Waals surface area contributed by atoms with Gasteiger partial charge in [-0.25, -0.2) is 0 Å². The van der Waals surface area contributed by atoms with E-state index < -0.39 is 0 Å². The maximum Gasteiger partial charge on any atom is 0.250 e. The predicted molar refractivity (Wildman–Crippen MR) is 128 cm³/mol. The van der Waals surface area contributed by atoms with Crippen molar-refractivity contribution in [3.8, 4) is 22.9 Å². The highest BCUT2D eigenvalue weighted by Gasteiger charge is 2.17. The molecule has 0 saturated heterocycles. The van der Waals surface area contributed by atoms with Crippen molar-refractivity contribution in [3.05, 3.63) is 90.0 Å². The lowest BCUT2D eigenvalue weighted by molar-refractivity contribution is 0.0890. The molecule has 1 aromatic heterocycles. The molecule has 7 nitrogen and oxygen atoms in total. The number of hydrogen-bond donors (Lipinski definition) is 1. The maximum atomic E-state index is 13.1. The van der Waals surface area contributed by atoms with Gasteiger partial charge < -0.3 is 14.8 Å². The molecule has 33 heavy (non-hydrogen) atoms. The van der Waals surface area contributed by atoms with Gasteiger partial charge in [0.1, 0.15) is 11.5 Å². The van der Waals surface area contributed by atoms with E-state index in [2.05, 4.69) is 15.4 Å². The topological polar surface area (TPSA) is 78.3 Å². The first-order valence-corrected chi connectivity index (χ1v) is 10.7. The number of ether oxygens (including phenoxy) is 2. The predicted octanol–water partition coefficient (Wildman–Crippen LogP) is 4.85. The second-order valence-corrected chi connectivity index (χ2v) is 7.48. The Hall–Kier alpha value is -4.13. The monoisotopic (exact) mass is 442 g/mol. The minimum atomic E-state index is -0.122. The summed E-state index contributed by atoms with van der Waals surface area (Å²) >= 11 is 0. The van der Waals surface area contributed by atoms with Crippen LogP contribution in [0.5, 0.6) is 11.5 Å². The smallest absolute Gasteiger partial charge is 0.250 e. The Morgan fingerprint density at radius 1 is 0.848 bits per heavy atom. The molecule has 0 fully saturated rings. The average molecular weight is 443 g/mol. The third-order valence-electron chi connectivity index (χ3n) is 5.27. The van der Waals surface area contributed by atoms with Crippen LogP contribution in [0, 0.1) is 0 Å². The lowest BCUT2D eigenvalue weighted by atomic mass is 10.1. The number of methoxy groups -OCH3 is 2. The normalized spacial score (nSPS) is 10.6. The van der Waals surface area contributed by atoms with Gasteiger partial charge in [0.15, 0.2) is 5.82 Å². The van der Waals surface area contributed by atoms with Crippen molar-refractivity contribution >= 4 is 11.9 Å². The standard InChI is InChI=1S/C26H26N4O3/c1-32-22-13-8-20(9-14-22)18-27-26-28-25(21-11-15-23(33-2)16-12-21)29-30(26)24(31)17-10-19-6-4-3-5-7-19/h3-9,11-16H,10,17-18H2,1-2H3,(H,27,28,29). The molecule has 0 saturated carbocycles. The summed E-state index contributed by atoms with van der Waals surface area (Å²) < 4.78 is 11.8. The van der Waals surface area contributed by atoms with Gasteiger partial charge in [-0.3, -0.25) is 4.79 Å². The lowest BCUT2D eigenvalue weighted by Crippen LogP contribution is -2.17. The molecule has 0 amide bonds. The van der Waals surface area contributed by atoms with Crippen LogP contribution in [0.2, 0.25) is 0 Å². The van der Waals surface area contributed by atoms with Gasteiger partial charge in [0.2, 0.25) is 11.9 Å². The summed E-state index contributed by atoms with van der Waals surface area (Å²) in [5, 5.41) is 7.78. The van der Waals surface area contributed by atoms with Crippen molar-refractivity contribution < 1.29 is 14.3 Å².